The molecule has 0 saturated heterocycles. The summed E-state index contributed by atoms with van der Waals surface area (Å²) in [5.74, 6) is 0. The predicted octanol–water partition coefficient (Wildman–Crippen LogP) is 1.17. The van der Waals surface area contributed by atoms with E-state index in [1.54, 1.807) is 6.92 Å². The SMILES string of the molecule is CC(CCCC(=O)S)OC=O. The fourth-order valence-electron chi connectivity index (χ4n) is 0.704. The third kappa shape index (κ3) is 7.39. The Morgan fingerprint density at radius 2 is 2.36 bits per heavy atom. The lowest BCUT2D eigenvalue weighted by Crippen LogP contribution is -2.06. The van der Waals surface area contributed by atoms with Gasteiger partial charge in [-0.25, -0.2) is 0 Å². The molecule has 0 saturated carbocycles. The van der Waals surface area contributed by atoms with E-state index in [0.29, 0.717) is 19.3 Å². The molecule has 64 valence electrons. The lowest BCUT2D eigenvalue weighted by atomic mass is 10.2. The molecule has 0 aromatic carbocycles. The van der Waals surface area contributed by atoms with Crippen LogP contribution in [0.2, 0.25) is 0 Å². The molecule has 0 heterocycles. The Hall–Kier alpha value is -0.510. The number of ether oxygens (including phenoxy) is 1. The van der Waals surface area contributed by atoms with Gasteiger partial charge < -0.3 is 4.74 Å². The highest BCUT2D eigenvalue weighted by Crippen LogP contribution is 2.04. The first-order valence-corrected chi connectivity index (χ1v) is 3.92. The normalized spacial score (nSPS) is 12.2. The average Bonchev–Trinajstić information content (AvgIpc) is 1.87. The average molecular weight is 176 g/mol. The molecule has 0 rings (SSSR count). The van der Waals surface area contributed by atoms with Crippen LogP contribution in [0.15, 0.2) is 0 Å². The van der Waals surface area contributed by atoms with E-state index in [1.165, 1.54) is 0 Å². The summed E-state index contributed by atoms with van der Waals surface area (Å²) in [6.07, 6.45) is 1.78. The molecule has 0 aliphatic heterocycles. The molecule has 11 heavy (non-hydrogen) atoms. The number of rotatable bonds is 6. The second-order valence-corrected chi connectivity index (χ2v) is 2.83. The summed E-state index contributed by atoms with van der Waals surface area (Å²) in [7, 11) is 0. The molecule has 0 N–H and O–H groups in total. The van der Waals surface area contributed by atoms with Gasteiger partial charge >= 0.3 is 0 Å². The van der Waals surface area contributed by atoms with E-state index in [2.05, 4.69) is 17.4 Å². The van der Waals surface area contributed by atoms with Gasteiger partial charge in [0.25, 0.3) is 6.47 Å². The summed E-state index contributed by atoms with van der Waals surface area (Å²) in [6.45, 7) is 2.21. The van der Waals surface area contributed by atoms with Gasteiger partial charge in [0, 0.05) is 6.42 Å². The first-order valence-electron chi connectivity index (χ1n) is 3.47. The van der Waals surface area contributed by atoms with Gasteiger partial charge in [-0.1, -0.05) is 0 Å². The van der Waals surface area contributed by atoms with Crippen molar-refractivity contribution < 1.29 is 14.3 Å². The Morgan fingerprint density at radius 1 is 1.73 bits per heavy atom. The fraction of sp³-hybridized carbons (Fsp3) is 0.714. The van der Waals surface area contributed by atoms with Gasteiger partial charge in [-0.3, -0.25) is 9.59 Å². The van der Waals surface area contributed by atoms with E-state index in [1.807, 2.05) is 0 Å². The molecule has 0 aliphatic carbocycles. The molecule has 4 heteroatoms. The van der Waals surface area contributed by atoms with Crippen molar-refractivity contribution in [3.8, 4) is 0 Å². The van der Waals surface area contributed by atoms with Crippen LogP contribution in [0.4, 0.5) is 0 Å². The van der Waals surface area contributed by atoms with Crippen LogP contribution in [0.1, 0.15) is 26.2 Å². The van der Waals surface area contributed by atoms with Crippen molar-refractivity contribution in [2.24, 2.45) is 0 Å². The standard InChI is InChI=1S/C7H12O3S/c1-6(10-5-8)3-2-4-7(9)11/h5-6H,2-4H2,1H3,(H,9,11). The van der Waals surface area contributed by atoms with Crippen LogP contribution < -0.4 is 0 Å². The van der Waals surface area contributed by atoms with Gasteiger partial charge in [0.15, 0.2) is 5.12 Å². The number of hydrogen-bond acceptors (Lipinski definition) is 3. The highest BCUT2D eigenvalue weighted by Gasteiger charge is 2.01. The maximum absolute atomic E-state index is 10.3. The van der Waals surface area contributed by atoms with Crippen LogP contribution in [0.5, 0.6) is 0 Å². The zero-order valence-electron chi connectivity index (χ0n) is 6.45. The van der Waals surface area contributed by atoms with E-state index in [0.717, 1.165) is 6.42 Å². The summed E-state index contributed by atoms with van der Waals surface area (Å²) < 4.78 is 4.61. The monoisotopic (exact) mass is 176 g/mol. The highest BCUT2D eigenvalue weighted by atomic mass is 32.1. The van der Waals surface area contributed by atoms with Crippen LogP contribution in [0.25, 0.3) is 0 Å². The zero-order chi connectivity index (χ0) is 8.69. The molecule has 0 aromatic heterocycles. The molecule has 1 unspecified atom stereocenters. The molecular formula is C7H12O3S. The lowest BCUT2D eigenvalue weighted by molar-refractivity contribution is -0.133. The first-order chi connectivity index (χ1) is 5.16. The second-order valence-electron chi connectivity index (χ2n) is 2.33. The summed E-state index contributed by atoms with van der Waals surface area (Å²) >= 11 is 3.60. The minimum absolute atomic E-state index is 0.0971. The van der Waals surface area contributed by atoms with Crippen LogP contribution in [-0.4, -0.2) is 17.7 Å². The molecular weight excluding hydrogens is 164 g/mol. The van der Waals surface area contributed by atoms with E-state index >= 15 is 0 Å². The lowest BCUT2D eigenvalue weighted by Gasteiger charge is -2.06. The number of carbonyl (C=O) groups excluding carboxylic acids is 2. The van der Waals surface area contributed by atoms with E-state index in [4.69, 9.17) is 0 Å². The van der Waals surface area contributed by atoms with Gasteiger partial charge in [-0.2, -0.15) is 0 Å². The van der Waals surface area contributed by atoms with Gasteiger partial charge in [0.2, 0.25) is 0 Å². The van der Waals surface area contributed by atoms with Crippen LogP contribution in [0.3, 0.4) is 0 Å². The Bertz CT molecular complexity index is 136. The Morgan fingerprint density at radius 3 is 2.82 bits per heavy atom. The molecule has 0 aliphatic rings. The third-order valence-electron chi connectivity index (χ3n) is 1.29. The summed E-state index contributed by atoms with van der Waals surface area (Å²) in [4.78, 5) is 20.1. The molecule has 0 radical (unpaired) electrons. The topological polar surface area (TPSA) is 43.4 Å². The Balaban J connectivity index is 3.23. The molecule has 3 nitrogen and oxygen atoms in total. The van der Waals surface area contributed by atoms with E-state index < -0.39 is 0 Å². The molecule has 0 spiro atoms. The predicted molar refractivity (Wildman–Crippen MR) is 44.5 cm³/mol. The van der Waals surface area contributed by atoms with Gasteiger partial charge in [0.05, 0.1) is 6.10 Å². The summed E-state index contributed by atoms with van der Waals surface area (Å²) in [6, 6.07) is 0. The fourth-order valence-corrected chi connectivity index (χ4v) is 0.862. The van der Waals surface area contributed by atoms with E-state index in [-0.39, 0.29) is 11.2 Å². The summed E-state index contributed by atoms with van der Waals surface area (Å²) in [5.41, 5.74) is 0. The van der Waals surface area contributed by atoms with Crippen molar-refractivity contribution in [2.75, 3.05) is 0 Å². The van der Waals surface area contributed by atoms with Crippen molar-refractivity contribution in [1.82, 2.24) is 0 Å². The minimum Gasteiger partial charge on any atom is -0.465 e. The van der Waals surface area contributed by atoms with Gasteiger partial charge in [0.1, 0.15) is 0 Å². The summed E-state index contributed by atoms with van der Waals surface area (Å²) in [5, 5.41) is -0.122. The smallest absolute Gasteiger partial charge is 0.293 e. The van der Waals surface area contributed by atoms with Crippen molar-refractivity contribution in [3.05, 3.63) is 0 Å². The van der Waals surface area contributed by atoms with Crippen molar-refractivity contribution in [2.45, 2.75) is 32.3 Å². The first kappa shape index (κ1) is 10.5. The largest absolute Gasteiger partial charge is 0.465 e. The third-order valence-corrected chi connectivity index (χ3v) is 1.51. The van der Waals surface area contributed by atoms with Gasteiger partial charge in [-0.05, 0) is 19.8 Å². The Kier molecular flexibility index (Phi) is 5.93. The molecule has 0 aromatic rings. The maximum atomic E-state index is 10.3. The van der Waals surface area contributed by atoms with Crippen molar-refractivity contribution in [1.29, 1.82) is 0 Å². The van der Waals surface area contributed by atoms with Crippen LogP contribution >= 0.6 is 12.6 Å². The highest BCUT2D eigenvalue weighted by molar-refractivity contribution is 7.96. The molecule has 0 fully saturated rings. The number of thiol groups is 1. The maximum Gasteiger partial charge on any atom is 0.293 e. The Labute approximate surface area is 71.5 Å². The molecule has 0 amide bonds. The van der Waals surface area contributed by atoms with Crippen molar-refractivity contribution in [3.63, 3.8) is 0 Å². The van der Waals surface area contributed by atoms with Crippen LogP contribution in [-0.2, 0) is 14.3 Å². The molecule has 1 atom stereocenters. The zero-order valence-corrected chi connectivity index (χ0v) is 7.34. The quantitative estimate of drug-likeness (QED) is 0.488. The van der Waals surface area contributed by atoms with Crippen molar-refractivity contribution >= 4 is 24.2 Å². The number of hydrogen-bond donors (Lipinski definition) is 1. The van der Waals surface area contributed by atoms with E-state index in [9.17, 15) is 9.59 Å². The minimum atomic E-state index is -0.122. The van der Waals surface area contributed by atoms with Crippen LogP contribution in [0, 0.1) is 0 Å². The molecule has 0 bridgehead atoms. The second kappa shape index (κ2) is 6.22. The number of carbonyl (C=O) groups is 2. The van der Waals surface area contributed by atoms with Gasteiger partial charge in [-0.15, -0.1) is 12.6 Å².